The highest BCUT2D eigenvalue weighted by Gasteiger charge is 2.54. The quantitative estimate of drug-likeness (QED) is 0.870. The molecule has 0 bridgehead atoms. The Balaban J connectivity index is 1.77. The van der Waals surface area contributed by atoms with Gasteiger partial charge in [-0.2, -0.15) is 13.2 Å². The number of likely N-dealkylation sites (tertiary alicyclic amines) is 1. The van der Waals surface area contributed by atoms with Crippen molar-refractivity contribution in [3.63, 3.8) is 0 Å². The Hall–Kier alpha value is -1.67. The summed E-state index contributed by atoms with van der Waals surface area (Å²) in [6, 6.07) is 4.37. The van der Waals surface area contributed by atoms with Gasteiger partial charge in [-0.15, -0.1) is 0 Å². The largest absolute Gasteiger partial charge is 0.417 e. The predicted molar refractivity (Wildman–Crippen MR) is 80.9 cm³/mol. The molecule has 8 heteroatoms. The van der Waals surface area contributed by atoms with Crippen molar-refractivity contribution in [3.05, 3.63) is 29.8 Å². The molecule has 0 atom stereocenters. The van der Waals surface area contributed by atoms with Crippen LogP contribution in [0.2, 0.25) is 0 Å². The Bertz CT molecular complexity index is 733. The van der Waals surface area contributed by atoms with Crippen LogP contribution in [0.4, 0.5) is 17.6 Å². The second-order valence-corrected chi connectivity index (χ2v) is 6.21. The van der Waals surface area contributed by atoms with Crippen LogP contribution in [0.25, 0.3) is 11.0 Å². The molecule has 1 aliphatic rings. The topological polar surface area (TPSA) is 41.3 Å². The molecule has 132 valence electrons. The summed E-state index contributed by atoms with van der Waals surface area (Å²) in [5.74, 6) is 0.318. The van der Waals surface area contributed by atoms with Gasteiger partial charge < -0.3 is 9.67 Å². The molecule has 2 heterocycles. The number of aliphatic hydroxyl groups is 1. The first-order chi connectivity index (χ1) is 11.2. The number of imidazole rings is 1. The van der Waals surface area contributed by atoms with E-state index in [0.717, 1.165) is 5.52 Å². The van der Waals surface area contributed by atoms with Gasteiger partial charge in [0, 0.05) is 25.7 Å². The number of aromatic nitrogens is 2. The van der Waals surface area contributed by atoms with Crippen LogP contribution >= 0.6 is 0 Å². The van der Waals surface area contributed by atoms with Crippen molar-refractivity contribution >= 4 is 11.0 Å². The maximum absolute atomic E-state index is 13.3. The SMILES string of the molecule is CCn1c(CN2CCC(O)(C(F)(F)F)CC2)nc2cc(F)ccc21. The highest BCUT2D eigenvalue weighted by atomic mass is 19.4. The monoisotopic (exact) mass is 345 g/mol. The van der Waals surface area contributed by atoms with Gasteiger partial charge in [0.15, 0.2) is 5.60 Å². The molecule has 1 N–H and O–H groups in total. The van der Waals surface area contributed by atoms with Crippen molar-refractivity contribution in [1.82, 2.24) is 14.5 Å². The average Bonchev–Trinajstić information content (AvgIpc) is 2.84. The Kier molecular flexibility index (Phi) is 4.29. The van der Waals surface area contributed by atoms with E-state index in [4.69, 9.17) is 0 Å². The molecule has 0 amide bonds. The van der Waals surface area contributed by atoms with Crippen LogP contribution in [-0.4, -0.2) is 44.4 Å². The molecule has 0 spiro atoms. The summed E-state index contributed by atoms with van der Waals surface area (Å²) in [5, 5.41) is 9.72. The van der Waals surface area contributed by atoms with Crippen molar-refractivity contribution in [1.29, 1.82) is 0 Å². The van der Waals surface area contributed by atoms with Gasteiger partial charge in [0.25, 0.3) is 0 Å². The summed E-state index contributed by atoms with van der Waals surface area (Å²) in [6.07, 6.45) is -5.30. The number of aryl methyl sites for hydroxylation is 1. The molecule has 2 aromatic rings. The molecule has 4 nitrogen and oxygen atoms in total. The van der Waals surface area contributed by atoms with Gasteiger partial charge in [-0.25, -0.2) is 9.37 Å². The van der Waals surface area contributed by atoms with Crippen LogP contribution < -0.4 is 0 Å². The number of benzene rings is 1. The first-order valence-corrected chi connectivity index (χ1v) is 7.89. The molecule has 3 rings (SSSR count). The smallest absolute Gasteiger partial charge is 0.380 e. The van der Waals surface area contributed by atoms with Gasteiger partial charge in [0.2, 0.25) is 0 Å². The van der Waals surface area contributed by atoms with Gasteiger partial charge in [0.05, 0.1) is 17.6 Å². The summed E-state index contributed by atoms with van der Waals surface area (Å²) in [5.41, 5.74) is -1.26. The standard InChI is InChI=1S/C16H19F4N3O/c1-2-23-13-4-3-11(17)9-12(13)21-14(23)10-22-7-5-15(24,6-8-22)16(18,19)20/h3-4,9,24H,2,5-8,10H2,1H3. The molecule has 0 aliphatic carbocycles. The number of hydrogen-bond donors (Lipinski definition) is 1. The minimum atomic E-state index is -4.60. The highest BCUT2D eigenvalue weighted by Crippen LogP contribution is 2.38. The van der Waals surface area contributed by atoms with E-state index in [2.05, 4.69) is 4.98 Å². The van der Waals surface area contributed by atoms with Crippen molar-refractivity contribution in [2.24, 2.45) is 0 Å². The molecule has 1 aromatic carbocycles. The van der Waals surface area contributed by atoms with E-state index in [-0.39, 0.29) is 31.7 Å². The molecule has 0 saturated carbocycles. The third-order valence-electron chi connectivity index (χ3n) is 4.68. The fraction of sp³-hybridized carbons (Fsp3) is 0.562. The fourth-order valence-corrected chi connectivity index (χ4v) is 3.19. The van der Waals surface area contributed by atoms with Gasteiger partial charge in [-0.05, 0) is 31.9 Å². The number of halogens is 4. The zero-order chi connectivity index (χ0) is 17.5. The van der Waals surface area contributed by atoms with Gasteiger partial charge >= 0.3 is 6.18 Å². The van der Waals surface area contributed by atoms with Crippen molar-refractivity contribution in [2.75, 3.05) is 13.1 Å². The van der Waals surface area contributed by atoms with Crippen molar-refractivity contribution in [3.8, 4) is 0 Å². The first-order valence-electron chi connectivity index (χ1n) is 7.89. The van der Waals surface area contributed by atoms with Crippen LogP contribution in [0, 0.1) is 5.82 Å². The zero-order valence-corrected chi connectivity index (χ0v) is 13.3. The Morgan fingerprint density at radius 2 is 1.92 bits per heavy atom. The summed E-state index contributed by atoms with van der Waals surface area (Å²) in [6.45, 7) is 3.22. The highest BCUT2D eigenvalue weighted by molar-refractivity contribution is 5.76. The summed E-state index contributed by atoms with van der Waals surface area (Å²) < 4.78 is 53.8. The van der Waals surface area contributed by atoms with Crippen molar-refractivity contribution < 1.29 is 22.7 Å². The van der Waals surface area contributed by atoms with E-state index < -0.39 is 11.8 Å². The lowest BCUT2D eigenvalue weighted by Crippen LogP contribution is -2.53. The van der Waals surface area contributed by atoms with E-state index >= 15 is 0 Å². The second kappa shape index (κ2) is 6.00. The van der Waals surface area contributed by atoms with Crippen LogP contribution in [-0.2, 0) is 13.1 Å². The van der Waals surface area contributed by atoms with E-state index in [1.165, 1.54) is 12.1 Å². The lowest BCUT2D eigenvalue weighted by molar-refractivity contribution is -0.273. The number of rotatable bonds is 3. The van der Waals surface area contributed by atoms with Gasteiger partial charge in [0.1, 0.15) is 11.6 Å². The van der Waals surface area contributed by atoms with E-state index in [0.29, 0.717) is 24.4 Å². The van der Waals surface area contributed by atoms with E-state index in [9.17, 15) is 22.7 Å². The minimum Gasteiger partial charge on any atom is -0.380 e. The van der Waals surface area contributed by atoms with Gasteiger partial charge in [-0.3, -0.25) is 4.90 Å². The molecular weight excluding hydrogens is 326 g/mol. The molecule has 1 aliphatic heterocycles. The number of fused-ring (bicyclic) bond motifs is 1. The molecule has 1 aromatic heterocycles. The van der Waals surface area contributed by atoms with Crippen molar-refractivity contribution in [2.45, 2.75) is 44.6 Å². The Labute approximate surface area is 136 Å². The molecule has 0 unspecified atom stereocenters. The molecule has 1 saturated heterocycles. The lowest BCUT2D eigenvalue weighted by Gasteiger charge is -2.38. The number of hydrogen-bond acceptors (Lipinski definition) is 3. The summed E-state index contributed by atoms with van der Waals surface area (Å²) in [7, 11) is 0. The average molecular weight is 345 g/mol. The lowest BCUT2D eigenvalue weighted by atomic mass is 9.91. The zero-order valence-electron chi connectivity index (χ0n) is 13.3. The maximum Gasteiger partial charge on any atom is 0.417 e. The molecule has 0 radical (unpaired) electrons. The number of nitrogens with zero attached hydrogens (tertiary/aromatic N) is 3. The summed E-state index contributed by atoms with van der Waals surface area (Å²) >= 11 is 0. The fourth-order valence-electron chi connectivity index (χ4n) is 3.19. The summed E-state index contributed by atoms with van der Waals surface area (Å²) in [4.78, 5) is 6.26. The molecular formula is C16H19F4N3O. The Morgan fingerprint density at radius 1 is 1.25 bits per heavy atom. The van der Waals surface area contributed by atoms with E-state index in [1.54, 1.807) is 6.07 Å². The number of alkyl halides is 3. The normalized spacial score (nSPS) is 19.1. The van der Waals surface area contributed by atoms with Crippen LogP contribution in [0.15, 0.2) is 18.2 Å². The molecule has 1 fully saturated rings. The number of piperidine rings is 1. The maximum atomic E-state index is 13.3. The third kappa shape index (κ3) is 3.00. The molecule has 24 heavy (non-hydrogen) atoms. The first kappa shape index (κ1) is 17.2. The van der Waals surface area contributed by atoms with E-state index in [1.807, 2.05) is 16.4 Å². The minimum absolute atomic E-state index is 0.136. The van der Waals surface area contributed by atoms with Crippen LogP contribution in [0.5, 0.6) is 0 Å². The second-order valence-electron chi connectivity index (χ2n) is 6.21. The van der Waals surface area contributed by atoms with Crippen LogP contribution in [0.1, 0.15) is 25.6 Å². The predicted octanol–water partition coefficient (Wildman–Crippen LogP) is 3.08. The van der Waals surface area contributed by atoms with Crippen LogP contribution in [0.3, 0.4) is 0 Å². The Morgan fingerprint density at radius 3 is 2.50 bits per heavy atom. The third-order valence-corrected chi connectivity index (χ3v) is 4.68. The van der Waals surface area contributed by atoms with Gasteiger partial charge in [-0.1, -0.05) is 0 Å².